The van der Waals surface area contributed by atoms with Crippen molar-refractivity contribution in [3.05, 3.63) is 27.5 Å². The molecule has 0 aliphatic heterocycles. The molecule has 2 nitrogen and oxygen atoms in total. The molecular formula is C10H12BrFO2. The van der Waals surface area contributed by atoms with Crippen molar-refractivity contribution in [3.63, 3.8) is 0 Å². The van der Waals surface area contributed by atoms with Gasteiger partial charge in [-0.25, -0.2) is 4.39 Å². The van der Waals surface area contributed by atoms with Crippen molar-refractivity contribution in [2.75, 3.05) is 13.7 Å². The molecule has 0 spiro atoms. The molecule has 0 aliphatic rings. The van der Waals surface area contributed by atoms with Crippen LogP contribution in [-0.2, 0) is 6.42 Å². The lowest BCUT2D eigenvalue weighted by atomic mass is 10.1. The number of benzene rings is 1. The number of aliphatic hydroxyl groups excluding tert-OH is 1. The van der Waals surface area contributed by atoms with Gasteiger partial charge < -0.3 is 9.84 Å². The fraction of sp³-hybridized carbons (Fsp3) is 0.400. The van der Waals surface area contributed by atoms with Gasteiger partial charge in [0.15, 0.2) is 11.6 Å². The van der Waals surface area contributed by atoms with Crippen LogP contribution in [0, 0.1) is 12.7 Å². The third kappa shape index (κ3) is 2.07. The maximum absolute atomic E-state index is 13.6. The van der Waals surface area contributed by atoms with Gasteiger partial charge in [0.25, 0.3) is 0 Å². The number of methoxy groups -OCH3 is 1. The summed E-state index contributed by atoms with van der Waals surface area (Å²) in [5.41, 5.74) is 1.37. The summed E-state index contributed by atoms with van der Waals surface area (Å²) in [4.78, 5) is 0. The van der Waals surface area contributed by atoms with Gasteiger partial charge in [0, 0.05) is 6.61 Å². The molecule has 1 aromatic rings. The van der Waals surface area contributed by atoms with Gasteiger partial charge in [0.05, 0.1) is 11.6 Å². The van der Waals surface area contributed by atoms with Crippen LogP contribution in [0.3, 0.4) is 0 Å². The predicted octanol–water partition coefficient (Wildman–Crippen LogP) is 2.44. The molecule has 1 rings (SSSR count). The molecule has 0 amide bonds. The van der Waals surface area contributed by atoms with Gasteiger partial charge in [-0.2, -0.15) is 0 Å². The third-order valence-corrected chi connectivity index (χ3v) is 2.99. The van der Waals surface area contributed by atoms with Crippen molar-refractivity contribution >= 4 is 15.9 Å². The van der Waals surface area contributed by atoms with Gasteiger partial charge in [-0.3, -0.25) is 0 Å². The smallest absolute Gasteiger partial charge is 0.169 e. The van der Waals surface area contributed by atoms with Crippen LogP contribution < -0.4 is 4.74 Å². The van der Waals surface area contributed by atoms with Crippen molar-refractivity contribution < 1.29 is 14.2 Å². The number of ether oxygens (including phenoxy) is 1. The zero-order valence-electron chi connectivity index (χ0n) is 8.10. The van der Waals surface area contributed by atoms with Crippen LogP contribution in [0.25, 0.3) is 0 Å². The van der Waals surface area contributed by atoms with Gasteiger partial charge in [0.1, 0.15) is 0 Å². The molecule has 14 heavy (non-hydrogen) atoms. The number of aryl methyl sites for hydroxylation is 1. The molecule has 4 heteroatoms. The summed E-state index contributed by atoms with van der Waals surface area (Å²) >= 11 is 3.25. The highest BCUT2D eigenvalue weighted by Crippen LogP contribution is 2.33. The first-order valence-electron chi connectivity index (χ1n) is 4.24. The first kappa shape index (κ1) is 11.5. The molecule has 0 atom stereocenters. The van der Waals surface area contributed by atoms with Crippen LogP contribution in [0.1, 0.15) is 11.1 Å². The summed E-state index contributed by atoms with van der Waals surface area (Å²) in [6.45, 7) is 1.79. The fourth-order valence-electron chi connectivity index (χ4n) is 1.29. The highest BCUT2D eigenvalue weighted by atomic mass is 79.9. The predicted molar refractivity (Wildman–Crippen MR) is 56.2 cm³/mol. The average molecular weight is 263 g/mol. The van der Waals surface area contributed by atoms with E-state index in [2.05, 4.69) is 15.9 Å². The standard InChI is InChI=1S/C10H12BrFO2/c1-6-5-7(3-4-13)9(12)10(14-2)8(6)11/h5,13H,3-4H2,1-2H3. The molecule has 1 aromatic carbocycles. The summed E-state index contributed by atoms with van der Waals surface area (Å²) in [7, 11) is 1.42. The van der Waals surface area contributed by atoms with Crippen LogP contribution in [0.5, 0.6) is 5.75 Å². The van der Waals surface area contributed by atoms with Crippen molar-refractivity contribution in [1.82, 2.24) is 0 Å². The number of hydrogen-bond acceptors (Lipinski definition) is 2. The van der Waals surface area contributed by atoms with Gasteiger partial charge in [0.2, 0.25) is 0 Å². The van der Waals surface area contributed by atoms with Gasteiger partial charge in [-0.05, 0) is 40.4 Å². The van der Waals surface area contributed by atoms with Crippen LogP contribution >= 0.6 is 15.9 Å². The van der Waals surface area contributed by atoms with Crippen molar-refractivity contribution in [3.8, 4) is 5.75 Å². The van der Waals surface area contributed by atoms with E-state index in [1.54, 1.807) is 6.07 Å². The van der Waals surface area contributed by atoms with E-state index in [9.17, 15) is 4.39 Å². The molecule has 0 fully saturated rings. The summed E-state index contributed by atoms with van der Waals surface area (Å²) in [6.07, 6.45) is 0.302. The quantitative estimate of drug-likeness (QED) is 0.907. The van der Waals surface area contributed by atoms with Crippen LogP contribution in [0.2, 0.25) is 0 Å². The van der Waals surface area contributed by atoms with Gasteiger partial charge >= 0.3 is 0 Å². The minimum Gasteiger partial charge on any atom is -0.492 e. The topological polar surface area (TPSA) is 29.5 Å². The molecule has 0 heterocycles. The summed E-state index contributed by atoms with van der Waals surface area (Å²) in [6, 6.07) is 1.71. The normalized spacial score (nSPS) is 10.4. The molecular weight excluding hydrogens is 251 g/mol. The molecule has 0 saturated heterocycles. The van der Waals surface area contributed by atoms with E-state index in [-0.39, 0.29) is 12.4 Å². The Kier molecular flexibility index (Phi) is 3.89. The Morgan fingerprint density at radius 1 is 1.57 bits per heavy atom. The number of hydrogen-bond donors (Lipinski definition) is 1. The first-order valence-corrected chi connectivity index (χ1v) is 5.03. The second-order valence-electron chi connectivity index (χ2n) is 2.99. The lowest BCUT2D eigenvalue weighted by Gasteiger charge is -2.11. The number of rotatable bonds is 3. The Morgan fingerprint density at radius 2 is 2.21 bits per heavy atom. The second-order valence-corrected chi connectivity index (χ2v) is 3.78. The van der Waals surface area contributed by atoms with E-state index in [4.69, 9.17) is 9.84 Å². The second kappa shape index (κ2) is 4.75. The van der Waals surface area contributed by atoms with E-state index in [1.165, 1.54) is 7.11 Å². The highest BCUT2D eigenvalue weighted by molar-refractivity contribution is 9.10. The average Bonchev–Trinajstić information content (AvgIpc) is 2.16. The Hall–Kier alpha value is -0.610. The van der Waals surface area contributed by atoms with Crippen LogP contribution in [-0.4, -0.2) is 18.8 Å². The minimum atomic E-state index is -0.404. The molecule has 0 saturated carbocycles. The monoisotopic (exact) mass is 262 g/mol. The zero-order valence-corrected chi connectivity index (χ0v) is 9.69. The Morgan fingerprint density at radius 3 is 2.71 bits per heavy atom. The Bertz CT molecular complexity index is 339. The zero-order chi connectivity index (χ0) is 10.7. The van der Waals surface area contributed by atoms with Crippen molar-refractivity contribution in [2.45, 2.75) is 13.3 Å². The van der Waals surface area contributed by atoms with E-state index in [0.717, 1.165) is 5.56 Å². The Labute approximate surface area is 90.8 Å². The summed E-state index contributed by atoms with van der Waals surface area (Å²) in [5, 5.41) is 8.75. The maximum Gasteiger partial charge on any atom is 0.169 e. The van der Waals surface area contributed by atoms with E-state index >= 15 is 0 Å². The van der Waals surface area contributed by atoms with E-state index in [1.807, 2.05) is 6.92 Å². The lowest BCUT2D eigenvalue weighted by Crippen LogP contribution is -2.00. The fourth-order valence-corrected chi connectivity index (χ4v) is 1.74. The maximum atomic E-state index is 13.6. The van der Waals surface area contributed by atoms with Crippen molar-refractivity contribution in [1.29, 1.82) is 0 Å². The Balaban J connectivity index is 3.27. The lowest BCUT2D eigenvalue weighted by molar-refractivity contribution is 0.296. The molecule has 0 radical (unpaired) electrons. The molecule has 0 unspecified atom stereocenters. The van der Waals surface area contributed by atoms with Crippen LogP contribution in [0.4, 0.5) is 4.39 Å². The third-order valence-electron chi connectivity index (χ3n) is 2.00. The van der Waals surface area contributed by atoms with Gasteiger partial charge in [-0.1, -0.05) is 6.07 Å². The summed E-state index contributed by atoms with van der Waals surface area (Å²) in [5.74, 6) is -0.201. The van der Waals surface area contributed by atoms with Gasteiger partial charge in [-0.15, -0.1) is 0 Å². The molecule has 0 aliphatic carbocycles. The molecule has 0 aromatic heterocycles. The number of halogens is 2. The molecule has 1 N–H and O–H groups in total. The molecule has 0 bridgehead atoms. The van der Waals surface area contributed by atoms with E-state index < -0.39 is 5.82 Å². The first-order chi connectivity index (χ1) is 6.61. The SMILES string of the molecule is COc1c(F)c(CCO)cc(C)c1Br. The van der Waals surface area contributed by atoms with Crippen molar-refractivity contribution in [2.24, 2.45) is 0 Å². The van der Waals surface area contributed by atoms with Crippen LogP contribution in [0.15, 0.2) is 10.5 Å². The van der Waals surface area contributed by atoms with E-state index in [0.29, 0.717) is 16.5 Å². The largest absolute Gasteiger partial charge is 0.492 e. The molecule has 78 valence electrons. The minimum absolute atomic E-state index is 0.0683. The highest BCUT2D eigenvalue weighted by Gasteiger charge is 2.14. The summed E-state index contributed by atoms with van der Waals surface area (Å²) < 4.78 is 19.2. The number of aliphatic hydroxyl groups is 1.